The second-order valence-electron chi connectivity index (χ2n) is 5.42. The Kier molecular flexibility index (Phi) is 4.56. The van der Waals surface area contributed by atoms with Crippen LogP contribution in [0.2, 0.25) is 0 Å². The summed E-state index contributed by atoms with van der Waals surface area (Å²) in [4.78, 5) is 14.4. The van der Waals surface area contributed by atoms with E-state index in [0.717, 1.165) is 19.6 Å². The highest BCUT2D eigenvalue weighted by Crippen LogP contribution is 2.26. The molecule has 2 N–H and O–H groups in total. The Bertz CT molecular complexity index is 457. The maximum Gasteiger partial charge on any atom is 0.228 e. The van der Waals surface area contributed by atoms with Crippen LogP contribution >= 0.6 is 0 Å². The van der Waals surface area contributed by atoms with Crippen LogP contribution in [-0.2, 0) is 11.3 Å². The Hall–Kier alpha value is -1.39. The van der Waals surface area contributed by atoms with E-state index in [2.05, 4.69) is 34.6 Å². The molecule has 0 radical (unpaired) electrons. The van der Waals surface area contributed by atoms with E-state index in [4.69, 9.17) is 0 Å². The van der Waals surface area contributed by atoms with Crippen LogP contribution in [0.15, 0.2) is 18.2 Å². The molecular weight excluding hydrogens is 238 g/mol. The molecule has 1 atom stereocenters. The summed E-state index contributed by atoms with van der Waals surface area (Å²) in [5.74, 6) is 0.0618. The molecule has 2 rings (SSSR count). The molecule has 104 valence electrons. The summed E-state index contributed by atoms with van der Waals surface area (Å²) in [6.45, 7) is 5.26. The first kappa shape index (κ1) is 14.0. The lowest BCUT2D eigenvalue weighted by Gasteiger charge is -2.27. The van der Waals surface area contributed by atoms with Gasteiger partial charge in [0.25, 0.3) is 0 Å². The van der Waals surface area contributed by atoms with Gasteiger partial charge in [-0.2, -0.15) is 0 Å². The molecule has 1 unspecified atom stereocenters. The first-order chi connectivity index (χ1) is 9.09. The molecule has 4 nitrogen and oxygen atoms in total. The molecule has 1 aliphatic heterocycles. The van der Waals surface area contributed by atoms with Crippen molar-refractivity contribution in [2.75, 3.05) is 33.7 Å². The normalized spacial score (nSPS) is 18.2. The molecule has 0 aromatic heterocycles. The van der Waals surface area contributed by atoms with Crippen molar-refractivity contribution in [1.82, 2.24) is 15.5 Å². The summed E-state index contributed by atoms with van der Waals surface area (Å²) in [5.41, 5.74) is 3.72. The molecule has 0 spiro atoms. The molecule has 1 aliphatic rings. The van der Waals surface area contributed by atoms with Gasteiger partial charge in [0, 0.05) is 26.2 Å². The van der Waals surface area contributed by atoms with E-state index < -0.39 is 0 Å². The first-order valence-corrected chi connectivity index (χ1v) is 6.81. The van der Waals surface area contributed by atoms with Crippen molar-refractivity contribution in [3.63, 3.8) is 0 Å². The van der Waals surface area contributed by atoms with Crippen molar-refractivity contribution in [3.8, 4) is 0 Å². The molecule has 1 amide bonds. The van der Waals surface area contributed by atoms with Crippen LogP contribution < -0.4 is 10.6 Å². The van der Waals surface area contributed by atoms with Crippen LogP contribution in [0.5, 0.6) is 0 Å². The van der Waals surface area contributed by atoms with Gasteiger partial charge in [0.1, 0.15) is 0 Å². The van der Waals surface area contributed by atoms with Gasteiger partial charge in [-0.25, -0.2) is 0 Å². The monoisotopic (exact) mass is 261 g/mol. The lowest BCUT2D eigenvalue weighted by molar-refractivity contribution is -0.122. The second kappa shape index (κ2) is 6.17. The van der Waals surface area contributed by atoms with Crippen LogP contribution in [0.3, 0.4) is 0 Å². The molecule has 1 heterocycles. The lowest BCUT2D eigenvalue weighted by Crippen LogP contribution is -2.41. The minimum absolute atomic E-state index is 0.0641. The standard InChI is InChI=1S/C15H23N3O/c1-11-5-4-6-12-13(11)9-16-10-14(12)15(19)17-7-8-18(2)3/h4-6,14,16H,7-10H2,1-3H3,(H,17,19). The maximum absolute atomic E-state index is 12.3. The molecule has 0 aliphatic carbocycles. The molecule has 19 heavy (non-hydrogen) atoms. The summed E-state index contributed by atoms with van der Waals surface area (Å²) in [7, 11) is 4.01. The number of fused-ring (bicyclic) bond motifs is 1. The van der Waals surface area contributed by atoms with Crippen molar-refractivity contribution in [3.05, 3.63) is 34.9 Å². The number of aryl methyl sites for hydroxylation is 1. The Morgan fingerprint density at radius 2 is 2.26 bits per heavy atom. The van der Waals surface area contributed by atoms with Crippen LogP contribution in [0.1, 0.15) is 22.6 Å². The molecule has 0 saturated heterocycles. The number of benzene rings is 1. The van der Waals surface area contributed by atoms with Gasteiger partial charge in [-0.1, -0.05) is 18.2 Å². The minimum atomic E-state index is -0.0641. The summed E-state index contributed by atoms with van der Waals surface area (Å²) in [6.07, 6.45) is 0. The average molecular weight is 261 g/mol. The van der Waals surface area contributed by atoms with E-state index in [1.165, 1.54) is 16.7 Å². The van der Waals surface area contributed by atoms with Crippen molar-refractivity contribution in [1.29, 1.82) is 0 Å². The van der Waals surface area contributed by atoms with E-state index in [1.54, 1.807) is 0 Å². The third-order valence-corrected chi connectivity index (χ3v) is 3.65. The van der Waals surface area contributed by atoms with Gasteiger partial charge >= 0.3 is 0 Å². The number of amides is 1. The van der Waals surface area contributed by atoms with Crippen LogP contribution in [0.4, 0.5) is 0 Å². The third kappa shape index (κ3) is 3.33. The number of hydrogen-bond acceptors (Lipinski definition) is 3. The Labute approximate surface area is 115 Å². The van der Waals surface area contributed by atoms with Crippen LogP contribution in [0, 0.1) is 6.92 Å². The number of hydrogen-bond donors (Lipinski definition) is 2. The van der Waals surface area contributed by atoms with Crippen molar-refractivity contribution < 1.29 is 4.79 Å². The number of nitrogens with one attached hydrogen (secondary N) is 2. The molecule has 4 heteroatoms. The molecule has 1 aromatic carbocycles. The smallest absolute Gasteiger partial charge is 0.228 e. The SMILES string of the molecule is Cc1cccc2c1CNCC2C(=O)NCCN(C)C. The topological polar surface area (TPSA) is 44.4 Å². The number of rotatable bonds is 4. The summed E-state index contributed by atoms with van der Waals surface area (Å²) >= 11 is 0. The maximum atomic E-state index is 12.3. The van der Waals surface area contributed by atoms with Gasteiger partial charge in [0.2, 0.25) is 5.91 Å². The van der Waals surface area contributed by atoms with E-state index in [-0.39, 0.29) is 11.8 Å². The van der Waals surface area contributed by atoms with Crippen LogP contribution in [0.25, 0.3) is 0 Å². The lowest BCUT2D eigenvalue weighted by atomic mass is 9.88. The second-order valence-corrected chi connectivity index (χ2v) is 5.42. The predicted molar refractivity (Wildman–Crippen MR) is 77.2 cm³/mol. The molecule has 0 bridgehead atoms. The molecule has 0 saturated carbocycles. The number of likely N-dealkylation sites (N-methyl/N-ethyl adjacent to an activating group) is 1. The Balaban J connectivity index is 2.06. The highest BCUT2D eigenvalue weighted by molar-refractivity contribution is 5.84. The van der Waals surface area contributed by atoms with Crippen molar-refractivity contribution >= 4 is 5.91 Å². The summed E-state index contributed by atoms with van der Waals surface area (Å²) in [6, 6.07) is 6.23. The first-order valence-electron chi connectivity index (χ1n) is 6.81. The summed E-state index contributed by atoms with van der Waals surface area (Å²) < 4.78 is 0. The zero-order valence-corrected chi connectivity index (χ0v) is 12.0. The van der Waals surface area contributed by atoms with E-state index >= 15 is 0 Å². The summed E-state index contributed by atoms with van der Waals surface area (Å²) in [5, 5.41) is 6.36. The van der Waals surface area contributed by atoms with Gasteiger partial charge in [-0.15, -0.1) is 0 Å². The quantitative estimate of drug-likeness (QED) is 0.845. The van der Waals surface area contributed by atoms with E-state index in [9.17, 15) is 4.79 Å². The zero-order chi connectivity index (χ0) is 13.8. The highest BCUT2D eigenvalue weighted by atomic mass is 16.1. The Morgan fingerprint density at radius 1 is 1.47 bits per heavy atom. The average Bonchev–Trinajstić information content (AvgIpc) is 2.38. The fourth-order valence-corrected chi connectivity index (χ4v) is 2.50. The minimum Gasteiger partial charge on any atom is -0.354 e. The zero-order valence-electron chi connectivity index (χ0n) is 12.0. The van der Waals surface area contributed by atoms with Gasteiger partial charge in [-0.05, 0) is 37.7 Å². The highest BCUT2D eigenvalue weighted by Gasteiger charge is 2.26. The molecule has 0 fully saturated rings. The van der Waals surface area contributed by atoms with E-state index in [1.807, 2.05) is 20.2 Å². The Morgan fingerprint density at radius 3 is 3.00 bits per heavy atom. The van der Waals surface area contributed by atoms with Crippen LogP contribution in [-0.4, -0.2) is 44.5 Å². The van der Waals surface area contributed by atoms with Gasteiger partial charge in [0.05, 0.1) is 5.92 Å². The molecule has 1 aromatic rings. The van der Waals surface area contributed by atoms with Crippen molar-refractivity contribution in [2.24, 2.45) is 0 Å². The van der Waals surface area contributed by atoms with Crippen molar-refractivity contribution in [2.45, 2.75) is 19.4 Å². The number of carbonyl (C=O) groups is 1. The number of nitrogens with zero attached hydrogens (tertiary/aromatic N) is 1. The van der Waals surface area contributed by atoms with E-state index in [0.29, 0.717) is 6.54 Å². The predicted octanol–water partition coefficient (Wildman–Crippen LogP) is 0.860. The molecular formula is C15H23N3O. The van der Waals surface area contributed by atoms with Gasteiger partial charge < -0.3 is 15.5 Å². The fourth-order valence-electron chi connectivity index (χ4n) is 2.50. The van der Waals surface area contributed by atoms with Gasteiger partial charge in [0.15, 0.2) is 0 Å². The third-order valence-electron chi connectivity index (χ3n) is 3.65. The van der Waals surface area contributed by atoms with Gasteiger partial charge in [-0.3, -0.25) is 4.79 Å². The largest absolute Gasteiger partial charge is 0.354 e. The fraction of sp³-hybridized carbons (Fsp3) is 0.533. The number of carbonyl (C=O) groups excluding carboxylic acids is 1.